The molecule has 0 radical (unpaired) electrons. The van der Waals surface area contributed by atoms with Crippen molar-refractivity contribution in [3.8, 4) is 0 Å². The fourth-order valence-corrected chi connectivity index (χ4v) is 1.80. The smallest absolute Gasteiger partial charge is 0.423 e. The summed E-state index contributed by atoms with van der Waals surface area (Å²) in [7, 11) is -0.809. The van der Waals surface area contributed by atoms with Gasteiger partial charge < -0.3 is 9.68 Å². The summed E-state index contributed by atoms with van der Waals surface area (Å²) in [6.45, 7) is 6.20. The van der Waals surface area contributed by atoms with Gasteiger partial charge in [-0.05, 0) is 23.5 Å². The zero-order chi connectivity index (χ0) is 9.84. The van der Waals surface area contributed by atoms with Crippen LogP contribution in [0.3, 0.4) is 0 Å². The largest absolute Gasteiger partial charge is 0.492 e. The van der Waals surface area contributed by atoms with Crippen molar-refractivity contribution in [1.82, 2.24) is 0 Å². The highest BCUT2D eigenvalue weighted by Gasteiger charge is 2.30. The lowest BCUT2D eigenvalue weighted by Crippen LogP contribution is -2.14. The summed E-state index contributed by atoms with van der Waals surface area (Å²) in [6, 6.07) is 0. The lowest BCUT2D eigenvalue weighted by Gasteiger charge is -2.04. The minimum absolute atomic E-state index is 0.421. The first-order valence-electron chi connectivity index (χ1n) is 4.10. The van der Waals surface area contributed by atoms with Crippen molar-refractivity contribution in [2.45, 2.75) is 6.92 Å². The second kappa shape index (κ2) is 4.79. The van der Waals surface area contributed by atoms with Crippen LogP contribution in [0.1, 0.15) is 6.92 Å². The highest BCUT2D eigenvalue weighted by atomic mass is 79.9. The van der Waals surface area contributed by atoms with E-state index < -0.39 is 7.12 Å². The van der Waals surface area contributed by atoms with Crippen LogP contribution in [0.25, 0.3) is 0 Å². The molecular weight excluding hydrogens is 231 g/mol. The summed E-state index contributed by atoms with van der Waals surface area (Å²) < 4.78 is 5.05. The van der Waals surface area contributed by atoms with Gasteiger partial charge >= 0.3 is 7.12 Å². The molecular formula is C9H12BBrO2. The number of hydrogen-bond donors (Lipinski definition) is 1. The molecule has 1 aliphatic heterocycles. The van der Waals surface area contributed by atoms with Crippen molar-refractivity contribution in [3.63, 3.8) is 0 Å². The first-order valence-corrected chi connectivity index (χ1v) is 5.22. The van der Waals surface area contributed by atoms with Crippen LogP contribution in [-0.4, -0.2) is 24.1 Å². The van der Waals surface area contributed by atoms with E-state index in [9.17, 15) is 5.02 Å². The second-order valence-corrected chi connectivity index (χ2v) is 3.40. The molecule has 1 N–H and O–H groups in total. The van der Waals surface area contributed by atoms with E-state index in [2.05, 4.69) is 22.5 Å². The molecule has 1 saturated heterocycles. The van der Waals surface area contributed by atoms with E-state index in [4.69, 9.17) is 4.65 Å². The van der Waals surface area contributed by atoms with E-state index in [1.54, 1.807) is 0 Å². The zero-order valence-corrected chi connectivity index (χ0v) is 9.17. The summed E-state index contributed by atoms with van der Waals surface area (Å²) in [5.74, 6) is 0. The predicted molar refractivity (Wildman–Crippen MR) is 58.7 cm³/mol. The van der Waals surface area contributed by atoms with Crippen molar-refractivity contribution < 1.29 is 9.68 Å². The summed E-state index contributed by atoms with van der Waals surface area (Å²) >= 11 is 3.36. The van der Waals surface area contributed by atoms with Crippen LogP contribution in [0.4, 0.5) is 0 Å². The average molecular weight is 243 g/mol. The Bertz CT molecular complexity index is 271. The standard InChI is InChI=1S/C9H12BBrO2/c1-3-4-8(5-11)9-7(2)6-13-10(9)12/h3-4,12H,2,5-6H2,1H3/b4-3-,9-8-. The molecule has 0 saturated carbocycles. The van der Waals surface area contributed by atoms with Gasteiger partial charge in [-0.1, -0.05) is 34.7 Å². The van der Waals surface area contributed by atoms with Crippen LogP contribution in [0, 0.1) is 0 Å². The molecule has 1 fully saturated rings. The summed E-state index contributed by atoms with van der Waals surface area (Å²) in [4.78, 5) is 0. The minimum Gasteiger partial charge on any atom is -0.423 e. The molecule has 0 aromatic carbocycles. The van der Waals surface area contributed by atoms with Gasteiger partial charge in [-0.15, -0.1) is 0 Å². The van der Waals surface area contributed by atoms with E-state index in [0.29, 0.717) is 11.9 Å². The van der Waals surface area contributed by atoms with Gasteiger partial charge in [0.1, 0.15) is 0 Å². The summed E-state index contributed by atoms with van der Waals surface area (Å²) in [5.41, 5.74) is 2.70. The van der Waals surface area contributed by atoms with Crippen LogP contribution in [0.5, 0.6) is 0 Å². The Morgan fingerprint density at radius 1 is 1.85 bits per heavy atom. The van der Waals surface area contributed by atoms with Gasteiger partial charge in [0, 0.05) is 5.33 Å². The number of rotatable bonds is 2. The monoisotopic (exact) mass is 242 g/mol. The Morgan fingerprint density at radius 2 is 2.54 bits per heavy atom. The molecule has 70 valence electrons. The SMILES string of the molecule is C=C1COB(O)/C1=C(/C=C\C)CBr. The predicted octanol–water partition coefficient (Wildman–Crippen LogP) is 1.86. The van der Waals surface area contributed by atoms with E-state index in [1.807, 2.05) is 19.1 Å². The molecule has 0 aromatic heterocycles. The Morgan fingerprint density at radius 3 is 2.92 bits per heavy atom. The average Bonchev–Trinajstić information content (AvgIpc) is 2.43. The molecule has 1 heterocycles. The van der Waals surface area contributed by atoms with Gasteiger partial charge in [0.05, 0.1) is 6.61 Å². The van der Waals surface area contributed by atoms with Crippen molar-refractivity contribution in [3.05, 3.63) is 35.3 Å². The van der Waals surface area contributed by atoms with Gasteiger partial charge in [-0.2, -0.15) is 0 Å². The third kappa shape index (κ3) is 2.33. The highest BCUT2D eigenvalue weighted by Crippen LogP contribution is 2.25. The second-order valence-electron chi connectivity index (χ2n) is 2.84. The lowest BCUT2D eigenvalue weighted by atomic mass is 9.75. The lowest BCUT2D eigenvalue weighted by molar-refractivity contribution is 0.316. The van der Waals surface area contributed by atoms with Crippen molar-refractivity contribution >= 4 is 23.0 Å². The molecule has 0 aliphatic carbocycles. The van der Waals surface area contributed by atoms with E-state index >= 15 is 0 Å². The van der Waals surface area contributed by atoms with Gasteiger partial charge in [-0.3, -0.25) is 0 Å². The minimum atomic E-state index is -0.809. The summed E-state index contributed by atoms with van der Waals surface area (Å²) in [5, 5.41) is 10.2. The zero-order valence-electron chi connectivity index (χ0n) is 7.59. The van der Waals surface area contributed by atoms with Gasteiger partial charge in [0.15, 0.2) is 0 Å². The molecule has 0 spiro atoms. The Balaban J connectivity index is 3.03. The molecule has 0 atom stereocenters. The van der Waals surface area contributed by atoms with Crippen molar-refractivity contribution in [1.29, 1.82) is 0 Å². The quantitative estimate of drug-likeness (QED) is 0.592. The Hall–Kier alpha value is -0.315. The molecule has 1 aliphatic rings. The van der Waals surface area contributed by atoms with Crippen LogP contribution >= 0.6 is 15.9 Å². The molecule has 0 amide bonds. The first kappa shape index (κ1) is 10.8. The van der Waals surface area contributed by atoms with Gasteiger partial charge in [-0.25, -0.2) is 0 Å². The van der Waals surface area contributed by atoms with E-state index in [0.717, 1.165) is 16.6 Å². The molecule has 0 unspecified atom stereocenters. The van der Waals surface area contributed by atoms with E-state index in [1.165, 1.54) is 0 Å². The molecule has 1 rings (SSSR count). The number of hydrogen-bond acceptors (Lipinski definition) is 2. The fourth-order valence-electron chi connectivity index (χ4n) is 1.31. The van der Waals surface area contributed by atoms with Gasteiger partial charge in [0.25, 0.3) is 0 Å². The van der Waals surface area contributed by atoms with Crippen LogP contribution in [0.15, 0.2) is 35.3 Å². The molecule has 13 heavy (non-hydrogen) atoms. The fraction of sp³-hybridized carbons (Fsp3) is 0.333. The first-order chi connectivity index (χ1) is 6.20. The number of allylic oxidation sites excluding steroid dienone is 3. The third-order valence-electron chi connectivity index (χ3n) is 1.90. The van der Waals surface area contributed by atoms with Crippen molar-refractivity contribution in [2.24, 2.45) is 0 Å². The van der Waals surface area contributed by atoms with Crippen LogP contribution < -0.4 is 0 Å². The maximum absolute atomic E-state index is 9.49. The third-order valence-corrected chi connectivity index (χ3v) is 2.51. The number of alkyl halides is 1. The molecule has 0 bridgehead atoms. The molecule has 4 heteroatoms. The molecule has 2 nitrogen and oxygen atoms in total. The number of halogens is 1. The van der Waals surface area contributed by atoms with Crippen LogP contribution in [0.2, 0.25) is 0 Å². The Labute approximate surface area is 87.3 Å². The normalized spacial score (nSPS) is 21.8. The van der Waals surface area contributed by atoms with Crippen molar-refractivity contribution in [2.75, 3.05) is 11.9 Å². The highest BCUT2D eigenvalue weighted by molar-refractivity contribution is 9.09. The maximum Gasteiger partial charge on any atom is 0.492 e. The maximum atomic E-state index is 9.49. The Kier molecular flexibility index (Phi) is 3.97. The van der Waals surface area contributed by atoms with E-state index in [-0.39, 0.29) is 0 Å². The molecule has 0 aromatic rings. The topological polar surface area (TPSA) is 29.5 Å². The summed E-state index contributed by atoms with van der Waals surface area (Å²) in [6.07, 6.45) is 3.88. The van der Waals surface area contributed by atoms with Crippen LogP contribution in [-0.2, 0) is 4.65 Å². The van der Waals surface area contributed by atoms with Gasteiger partial charge in [0.2, 0.25) is 0 Å².